The van der Waals surface area contributed by atoms with E-state index in [1.807, 2.05) is 51.0 Å². The van der Waals surface area contributed by atoms with Gasteiger partial charge < -0.3 is 34.4 Å². The standard InChI is InChI=1S/C25H37N5O5/c1-15-12-30(16(2)14-31)23(32)11-19-10-20(28(5)6)8-9-21(19)34-22(15)13-29(7)25(33)26-24-17(3)27-35-18(24)4/h8-10,15-16,22,31H,11-14H2,1-7H3,(H,26,33)/t15-,16+,22+/m1/s1. The van der Waals surface area contributed by atoms with Crippen molar-refractivity contribution in [3.63, 3.8) is 0 Å². The summed E-state index contributed by atoms with van der Waals surface area (Å²) in [5.74, 6) is 0.985. The smallest absolute Gasteiger partial charge is 0.321 e. The van der Waals surface area contributed by atoms with Crippen LogP contribution in [0.5, 0.6) is 5.75 Å². The number of fused-ring (bicyclic) bond motifs is 1. The summed E-state index contributed by atoms with van der Waals surface area (Å²) in [4.78, 5) is 31.4. The van der Waals surface area contributed by atoms with Gasteiger partial charge in [0.25, 0.3) is 0 Å². The Bertz CT molecular complexity index is 1030. The zero-order valence-corrected chi connectivity index (χ0v) is 21.7. The second kappa shape index (κ2) is 11.0. The lowest BCUT2D eigenvalue weighted by atomic mass is 10.0. The minimum absolute atomic E-state index is 0.0655. The molecule has 0 bridgehead atoms. The number of nitrogens with one attached hydrogen (secondary N) is 1. The number of aliphatic hydroxyl groups excluding tert-OH is 1. The monoisotopic (exact) mass is 487 g/mol. The summed E-state index contributed by atoms with van der Waals surface area (Å²) in [6.45, 7) is 7.90. The summed E-state index contributed by atoms with van der Waals surface area (Å²) >= 11 is 0. The van der Waals surface area contributed by atoms with E-state index in [1.165, 1.54) is 0 Å². The highest BCUT2D eigenvalue weighted by Crippen LogP contribution is 2.30. The molecule has 1 aromatic carbocycles. The normalized spacial score (nSPS) is 19.1. The summed E-state index contributed by atoms with van der Waals surface area (Å²) in [6.07, 6.45) is -0.220. The number of urea groups is 1. The predicted molar refractivity (Wildman–Crippen MR) is 134 cm³/mol. The molecule has 1 aliphatic heterocycles. The van der Waals surface area contributed by atoms with Gasteiger partial charge in [-0.25, -0.2) is 4.79 Å². The number of hydrogen-bond acceptors (Lipinski definition) is 7. The molecular formula is C25H37N5O5. The molecule has 0 radical (unpaired) electrons. The van der Waals surface area contributed by atoms with Crippen LogP contribution in [0.15, 0.2) is 22.7 Å². The number of ether oxygens (including phenoxy) is 1. The zero-order chi connectivity index (χ0) is 25.9. The van der Waals surface area contributed by atoms with E-state index in [0.29, 0.717) is 36.0 Å². The van der Waals surface area contributed by atoms with E-state index in [4.69, 9.17) is 9.26 Å². The maximum atomic E-state index is 13.2. The molecule has 0 unspecified atom stereocenters. The van der Waals surface area contributed by atoms with Gasteiger partial charge in [0.1, 0.15) is 23.2 Å². The Labute approximate surface area is 206 Å². The fourth-order valence-corrected chi connectivity index (χ4v) is 4.13. The first-order chi connectivity index (χ1) is 16.5. The Morgan fingerprint density at radius 3 is 2.63 bits per heavy atom. The molecule has 2 aromatic rings. The highest BCUT2D eigenvalue weighted by atomic mass is 16.5. The van der Waals surface area contributed by atoms with E-state index >= 15 is 0 Å². The van der Waals surface area contributed by atoms with Gasteiger partial charge in [0.15, 0.2) is 5.76 Å². The van der Waals surface area contributed by atoms with Crippen molar-refractivity contribution in [3.8, 4) is 5.75 Å². The molecule has 0 aliphatic carbocycles. The van der Waals surface area contributed by atoms with Crippen LogP contribution in [-0.2, 0) is 11.2 Å². The largest absolute Gasteiger partial charge is 0.488 e. The van der Waals surface area contributed by atoms with Crippen LogP contribution in [-0.4, -0.2) is 85.0 Å². The Morgan fingerprint density at radius 2 is 2.03 bits per heavy atom. The van der Waals surface area contributed by atoms with Crippen LogP contribution < -0.4 is 15.0 Å². The van der Waals surface area contributed by atoms with Crippen LogP contribution in [0.4, 0.5) is 16.2 Å². The molecular weight excluding hydrogens is 450 g/mol. The molecule has 1 aromatic heterocycles. The molecule has 10 heteroatoms. The molecule has 35 heavy (non-hydrogen) atoms. The Morgan fingerprint density at radius 1 is 1.31 bits per heavy atom. The number of hydrogen-bond donors (Lipinski definition) is 2. The summed E-state index contributed by atoms with van der Waals surface area (Å²) < 4.78 is 11.6. The van der Waals surface area contributed by atoms with Gasteiger partial charge in [-0.2, -0.15) is 0 Å². The lowest BCUT2D eigenvalue weighted by molar-refractivity contribution is -0.134. The summed E-state index contributed by atoms with van der Waals surface area (Å²) in [6, 6.07) is 5.15. The maximum absolute atomic E-state index is 13.2. The molecule has 0 fully saturated rings. The van der Waals surface area contributed by atoms with Crippen molar-refractivity contribution in [2.75, 3.05) is 51.1 Å². The van der Waals surface area contributed by atoms with Gasteiger partial charge in [-0.15, -0.1) is 0 Å². The Hall–Kier alpha value is -3.27. The number of aromatic nitrogens is 1. The number of likely N-dealkylation sites (N-methyl/N-ethyl adjacent to an activating group) is 1. The van der Waals surface area contributed by atoms with Gasteiger partial charge in [-0.1, -0.05) is 12.1 Å². The number of aryl methyl sites for hydroxylation is 2. The van der Waals surface area contributed by atoms with Gasteiger partial charge in [0.2, 0.25) is 5.91 Å². The number of carbonyl (C=O) groups excluding carboxylic acids is 2. The second-order valence-corrected chi connectivity index (χ2v) is 9.58. The van der Waals surface area contributed by atoms with E-state index in [1.54, 1.807) is 30.7 Å². The van der Waals surface area contributed by atoms with Crippen LogP contribution in [0.1, 0.15) is 30.9 Å². The average molecular weight is 488 g/mol. The molecule has 0 spiro atoms. The molecule has 0 saturated carbocycles. The van der Waals surface area contributed by atoms with E-state index in [0.717, 1.165) is 11.3 Å². The van der Waals surface area contributed by atoms with Crippen molar-refractivity contribution in [1.29, 1.82) is 0 Å². The molecule has 0 saturated heterocycles. The van der Waals surface area contributed by atoms with Crippen molar-refractivity contribution in [2.45, 2.75) is 46.3 Å². The summed E-state index contributed by atoms with van der Waals surface area (Å²) in [5.41, 5.74) is 2.90. The van der Waals surface area contributed by atoms with Gasteiger partial charge >= 0.3 is 6.03 Å². The van der Waals surface area contributed by atoms with Gasteiger partial charge in [0, 0.05) is 44.9 Å². The van der Waals surface area contributed by atoms with Crippen molar-refractivity contribution in [3.05, 3.63) is 35.2 Å². The molecule has 3 atom stereocenters. The first kappa shape index (κ1) is 26.3. The van der Waals surface area contributed by atoms with Crippen molar-refractivity contribution >= 4 is 23.3 Å². The van der Waals surface area contributed by atoms with Crippen LogP contribution >= 0.6 is 0 Å². The van der Waals surface area contributed by atoms with Crippen LogP contribution in [0, 0.1) is 19.8 Å². The highest BCUT2D eigenvalue weighted by molar-refractivity contribution is 5.90. The summed E-state index contributed by atoms with van der Waals surface area (Å²) in [7, 11) is 5.58. The minimum Gasteiger partial charge on any atom is -0.488 e. The quantitative estimate of drug-likeness (QED) is 0.644. The highest BCUT2D eigenvalue weighted by Gasteiger charge is 2.32. The van der Waals surface area contributed by atoms with E-state index in [-0.39, 0.29) is 36.9 Å². The number of rotatable bonds is 6. The van der Waals surface area contributed by atoms with Crippen LogP contribution in [0.3, 0.4) is 0 Å². The lowest BCUT2D eigenvalue weighted by Gasteiger charge is -2.34. The van der Waals surface area contributed by atoms with Gasteiger partial charge in [-0.05, 0) is 39.0 Å². The number of anilines is 2. The average Bonchev–Trinajstić information content (AvgIpc) is 3.15. The topological polar surface area (TPSA) is 111 Å². The fourth-order valence-electron chi connectivity index (χ4n) is 4.13. The molecule has 1 aliphatic rings. The van der Waals surface area contributed by atoms with Gasteiger partial charge in [-0.3, -0.25) is 4.79 Å². The number of nitrogens with zero attached hydrogens (tertiary/aromatic N) is 4. The number of aliphatic hydroxyl groups is 1. The minimum atomic E-state index is -0.390. The first-order valence-electron chi connectivity index (χ1n) is 11.8. The van der Waals surface area contributed by atoms with E-state index in [2.05, 4.69) is 10.5 Å². The SMILES string of the molecule is Cc1noc(C)c1NC(=O)N(C)C[C@@H]1Oc2ccc(N(C)C)cc2CC(=O)N([C@@H](C)CO)C[C@H]1C. The molecule has 2 N–H and O–H groups in total. The third-order valence-corrected chi connectivity index (χ3v) is 6.48. The molecule has 3 rings (SSSR count). The van der Waals surface area contributed by atoms with Crippen molar-refractivity contribution < 1.29 is 24.0 Å². The lowest BCUT2D eigenvalue weighted by Crippen LogP contribution is -2.48. The van der Waals surface area contributed by atoms with Gasteiger partial charge in [0.05, 0.1) is 25.6 Å². The molecule has 10 nitrogen and oxygen atoms in total. The molecule has 192 valence electrons. The zero-order valence-electron chi connectivity index (χ0n) is 21.7. The van der Waals surface area contributed by atoms with Crippen molar-refractivity contribution in [2.24, 2.45) is 5.92 Å². The third-order valence-electron chi connectivity index (χ3n) is 6.48. The van der Waals surface area contributed by atoms with Crippen LogP contribution in [0.25, 0.3) is 0 Å². The Kier molecular flexibility index (Phi) is 8.26. The number of benzene rings is 1. The fraction of sp³-hybridized carbons (Fsp3) is 0.560. The van der Waals surface area contributed by atoms with Crippen molar-refractivity contribution in [1.82, 2.24) is 15.0 Å². The molecule has 2 heterocycles. The summed E-state index contributed by atoms with van der Waals surface area (Å²) in [5, 5.41) is 16.5. The number of amides is 3. The number of carbonyl (C=O) groups is 2. The Balaban J connectivity index is 1.89. The predicted octanol–water partition coefficient (Wildman–Crippen LogP) is 2.67. The second-order valence-electron chi connectivity index (χ2n) is 9.58. The first-order valence-corrected chi connectivity index (χ1v) is 11.8. The molecule has 3 amide bonds. The van der Waals surface area contributed by atoms with E-state index < -0.39 is 6.10 Å². The third kappa shape index (κ3) is 6.05. The van der Waals surface area contributed by atoms with Crippen LogP contribution in [0.2, 0.25) is 0 Å². The maximum Gasteiger partial charge on any atom is 0.321 e. The van der Waals surface area contributed by atoms with E-state index in [9.17, 15) is 14.7 Å².